The lowest BCUT2D eigenvalue weighted by molar-refractivity contribution is -0.126. The fourth-order valence-electron chi connectivity index (χ4n) is 8.09. The zero-order chi connectivity index (χ0) is 32.4. The number of aryl methyl sites for hydroxylation is 1. The number of hydrogen-bond acceptors (Lipinski definition) is 9. The Balaban J connectivity index is 1.08. The van der Waals surface area contributed by atoms with Gasteiger partial charge in [0.1, 0.15) is 5.75 Å². The van der Waals surface area contributed by atoms with Gasteiger partial charge in [0.25, 0.3) is 0 Å². The van der Waals surface area contributed by atoms with E-state index in [2.05, 4.69) is 33.9 Å². The number of ether oxygens (including phenoxy) is 4. The van der Waals surface area contributed by atoms with E-state index < -0.39 is 0 Å². The average molecular weight is 678 g/mol. The summed E-state index contributed by atoms with van der Waals surface area (Å²) in [6.07, 6.45) is 11.3. The van der Waals surface area contributed by atoms with Crippen LogP contribution in [0.15, 0.2) is 60.0 Å². The lowest BCUT2D eigenvalue weighted by Crippen LogP contribution is -2.51. The van der Waals surface area contributed by atoms with Crippen molar-refractivity contribution in [3.05, 3.63) is 76.6 Å². The van der Waals surface area contributed by atoms with Crippen LogP contribution in [-0.4, -0.2) is 73.4 Å². The maximum Gasteiger partial charge on any atom is 0.337 e. The molecule has 8 nitrogen and oxygen atoms in total. The number of fused-ring (bicyclic) bond motifs is 3. The molecule has 1 aromatic heterocycles. The first kappa shape index (κ1) is 32.7. The van der Waals surface area contributed by atoms with Crippen molar-refractivity contribution in [2.24, 2.45) is 11.8 Å². The molecule has 0 bridgehead atoms. The Kier molecular flexibility index (Phi) is 9.96. The number of methoxy groups -OCH3 is 1. The first-order chi connectivity index (χ1) is 22.9. The van der Waals surface area contributed by atoms with E-state index >= 15 is 0 Å². The van der Waals surface area contributed by atoms with Gasteiger partial charge in [-0.2, -0.15) is 0 Å². The molecule has 0 radical (unpaired) electrons. The normalized spacial score (nSPS) is 27.5. The quantitative estimate of drug-likeness (QED) is 0.133. The molecular weight excluding hydrogens is 634 g/mol. The van der Waals surface area contributed by atoms with Gasteiger partial charge in [0.05, 0.1) is 43.3 Å². The number of rotatable bonds is 9. The molecule has 1 saturated heterocycles. The minimum absolute atomic E-state index is 0.104. The summed E-state index contributed by atoms with van der Waals surface area (Å²) in [5, 5.41) is 1.57. The van der Waals surface area contributed by atoms with Gasteiger partial charge in [0.2, 0.25) is 0 Å². The second kappa shape index (κ2) is 14.3. The molecule has 0 unspecified atom stereocenters. The fourth-order valence-corrected chi connectivity index (χ4v) is 9.02. The standard InChI is InChI=1S/C37H44ClN3O5S/c1-24(21-47-36-39-14-4-15-40-36)46-29-12-16-44-34(19-29)30-9-6-27(30)20-41-22-37(13-3-5-25-17-28(38)8-10-31(25)37)23-45-33-11-7-26(18-32(33)41)35(42)43-2/h4,7-8,10-11,14-15,17-18,24,27,29-30,34H,3,5-6,9,12-13,16,19-23H2,1-2H3/t24-,27-,29+,30+,34-,37-/m0/s1. The summed E-state index contributed by atoms with van der Waals surface area (Å²) in [7, 11) is 1.43. The van der Waals surface area contributed by atoms with E-state index in [1.54, 1.807) is 24.2 Å². The molecule has 3 heterocycles. The number of thioether (sulfide) groups is 1. The topological polar surface area (TPSA) is 83.0 Å². The first-order valence-electron chi connectivity index (χ1n) is 17.0. The van der Waals surface area contributed by atoms with Gasteiger partial charge in [-0.1, -0.05) is 29.4 Å². The Labute approximate surface area is 286 Å². The largest absolute Gasteiger partial charge is 0.490 e. The summed E-state index contributed by atoms with van der Waals surface area (Å²) >= 11 is 8.09. The molecule has 0 amide bonds. The average Bonchev–Trinajstić information content (AvgIpc) is 3.22. The van der Waals surface area contributed by atoms with Crippen LogP contribution >= 0.6 is 23.4 Å². The minimum atomic E-state index is -0.337. The molecule has 1 saturated carbocycles. The van der Waals surface area contributed by atoms with Gasteiger partial charge >= 0.3 is 5.97 Å². The molecule has 2 aliphatic carbocycles. The van der Waals surface area contributed by atoms with Crippen LogP contribution in [0.3, 0.4) is 0 Å². The van der Waals surface area contributed by atoms with Crippen LogP contribution in [0.2, 0.25) is 5.02 Å². The summed E-state index contributed by atoms with van der Waals surface area (Å²) in [4.78, 5) is 23.8. The highest BCUT2D eigenvalue weighted by atomic mass is 35.5. The minimum Gasteiger partial charge on any atom is -0.490 e. The fraction of sp³-hybridized carbons (Fsp3) is 0.541. The highest BCUT2D eigenvalue weighted by molar-refractivity contribution is 7.99. The van der Waals surface area contributed by atoms with Crippen molar-refractivity contribution in [1.82, 2.24) is 9.97 Å². The predicted molar refractivity (Wildman–Crippen MR) is 184 cm³/mol. The van der Waals surface area contributed by atoms with E-state index in [1.807, 2.05) is 30.3 Å². The zero-order valence-corrected chi connectivity index (χ0v) is 28.8. The molecule has 2 aromatic carbocycles. The molecule has 3 aromatic rings. The van der Waals surface area contributed by atoms with Gasteiger partial charge in [0.15, 0.2) is 5.16 Å². The zero-order valence-electron chi connectivity index (χ0n) is 27.2. The molecule has 10 heteroatoms. The van der Waals surface area contributed by atoms with Crippen LogP contribution in [0, 0.1) is 11.8 Å². The first-order valence-corrected chi connectivity index (χ1v) is 18.3. The number of hydrogen-bond donors (Lipinski definition) is 0. The predicted octanol–water partition coefficient (Wildman–Crippen LogP) is 7.16. The van der Waals surface area contributed by atoms with Crippen molar-refractivity contribution in [2.75, 3.05) is 44.1 Å². The second-order valence-corrected chi connectivity index (χ2v) is 15.0. The molecule has 47 heavy (non-hydrogen) atoms. The number of carbonyl (C=O) groups is 1. The molecule has 0 N–H and O–H groups in total. The second-order valence-electron chi connectivity index (χ2n) is 13.6. The van der Waals surface area contributed by atoms with Gasteiger partial charge in [0, 0.05) is 54.7 Å². The van der Waals surface area contributed by atoms with Crippen molar-refractivity contribution in [3.8, 4) is 5.75 Å². The maximum atomic E-state index is 12.6. The maximum absolute atomic E-state index is 12.6. The third-order valence-corrected chi connectivity index (χ3v) is 11.9. The van der Waals surface area contributed by atoms with E-state index in [-0.39, 0.29) is 29.7 Å². The van der Waals surface area contributed by atoms with Crippen LogP contribution in [0.4, 0.5) is 5.69 Å². The Morgan fingerprint density at radius 1 is 1.17 bits per heavy atom. The van der Waals surface area contributed by atoms with Gasteiger partial charge in [-0.25, -0.2) is 14.8 Å². The van der Waals surface area contributed by atoms with E-state index in [0.29, 0.717) is 24.0 Å². The SMILES string of the molecule is COC(=O)c1ccc2c(c1)N(C[C@@H]1CC[C@H]1[C@@H]1C[C@H](O[C@@H](C)CSc3ncccn3)CCO1)C[C@@]1(CCCc3cc(Cl)ccc31)CO2. The van der Waals surface area contributed by atoms with Crippen molar-refractivity contribution in [3.63, 3.8) is 0 Å². The van der Waals surface area contributed by atoms with Crippen LogP contribution < -0.4 is 9.64 Å². The Morgan fingerprint density at radius 2 is 2.04 bits per heavy atom. The summed E-state index contributed by atoms with van der Waals surface area (Å²) in [5.74, 6) is 2.24. The van der Waals surface area contributed by atoms with Gasteiger partial charge in [-0.3, -0.25) is 0 Å². The molecule has 6 atom stereocenters. The molecule has 1 spiro atoms. The van der Waals surface area contributed by atoms with E-state index in [1.165, 1.54) is 18.2 Å². The monoisotopic (exact) mass is 677 g/mol. The lowest BCUT2D eigenvalue weighted by atomic mass is 9.67. The third-order valence-electron chi connectivity index (χ3n) is 10.5. The molecule has 2 fully saturated rings. The van der Waals surface area contributed by atoms with E-state index in [0.717, 1.165) is 92.0 Å². The lowest BCUT2D eigenvalue weighted by Gasteiger charge is -2.48. The van der Waals surface area contributed by atoms with Crippen LogP contribution in [0.25, 0.3) is 0 Å². The molecule has 7 rings (SSSR count). The summed E-state index contributed by atoms with van der Waals surface area (Å²) in [6, 6.07) is 13.9. The third kappa shape index (κ3) is 7.14. The Hall–Kier alpha value is -2.85. The number of aromatic nitrogens is 2. The molecule has 250 valence electrons. The van der Waals surface area contributed by atoms with Crippen LogP contribution in [0.1, 0.15) is 66.9 Å². The number of anilines is 1. The summed E-state index contributed by atoms with van der Waals surface area (Å²) in [6.45, 7) is 5.16. The number of carbonyl (C=O) groups excluding carboxylic acids is 1. The number of esters is 1. The number of halogens is 1. The molecule has 2 aliphatic heterocycles. The van der Waals surface area contributed by atoms with Crippen molar-refractivity contribution in [2.45, 2.75) is 80.8 Å². The van der Waals surface area contributed by atoms with Crippen LogP contribution in [-0.2, 0) is 26.0 Å². The number of benzene rings is 2. The van der Waals surface area contributed by atoms with Crippen molar-refractivity contribution >= 4 is 35.0 Å². The van der Waals surface area contributed by atoms with Crippen molar-refractivity contribution in [1.29, 1.82) is 0 Å². The van der Waals surface area contributed by atoms with Crippen LogP contribution in [0.5, 0.6) is 5.75 Å². The molecule has 4 aliphatic rings. The van der Waals surface area contributed by atoms with Crippen molar-refractivity contribution < 1.29 is 23.7 Å². The highest BCUT2D eigenvalue weighted by Crippen LogP contribution is 2.47. The van der Waals surface area contributed by atoms with E-state index in [4.69, 9.17) is 30.5 Å². The van der Waals surface area contributed by atoms with Gasteiger partial charge in [-0.15, -0.1) is 0 Å². The van der Waals surface area contributed by atoms with Gasteiger partial charge < -0.3 is 23.8 Å². The highest BCUT2D eigenvalue weighted by Gasteiger charge is 2.45. The van der Waals surface area contributed by atoms with Gasteiger partial charge in [-0.05, 0) is 105 Å². The Morgan fingerprint density at radius 3 is 2.85 bits per heavy atom. The Bertz CT molecular complexity index is 1560. The molecular formula is C37H44ClN3O5S. The summed E-state index contributed by atoms with van der Waals surface area (Å²) in [5.41, 5.74) is 4.00. The number of nitrogens with zero attached hydrogens (tertiary/aromatic N) is 3. The summed E-state index contributed by atoms with van der Waals surface area (Å²) < 4.78 is 24.7. The van der Waals surface area contributed by atoms with E-state index in [9.17, 15) is 4.79 Å². The smallest absolute Gasteiger partial charge is 0.337 e.